The molecule has 2 aromatic rings. The van der Waals surface area contributed by atoms with Gasteiger partial charge in [0.25, 0.3) is 0 Å². The number of anilines is 2. The molecule has 0 aromatic carbocycles. The normalized spacial score (nSPS) is 24.9. The highest BCUT2D eigenvalue weighted by atomic mass is 32.1. The topological polar surface area (TPSA) is 85.8 Å². The minimum absolute atomic E-state index is 0.0144. The number of amides is 1. The summed E-state index contributed by atoms with van der Waals surface area (Å²) in [7, 11) is 1.99. The van der Waals surface area contributed by atoms with Crippen molar-refractivity contribution in [2.45, 2.75) is 96.6 Å². The third-order valence-electron chi connectivity index (χ3n) is 7.65. The lowest BCUT2D eigenvalue weighted by atomic mass is 9.81. The zero-order chi connectivity index (χ0) is 26.0. The first-order valence-corrected chi connectivity index (χ1v) is 14.8. The predicted molar refractivity (Wildman–Crippen MR) is 148 cm³/mol. The van der Waals surface area contributed by atoms with E-state index in [1.54, 1.807) is 17.5 Å². The second-order valence-corrected chi connectivity index (χ2v) is 13.5. The van der Waals surface area contributed by atoms with Crippen molar-refractivity contribution in [2.24, 2.45) is 11.8 Å². The highest BCUT2D eigenvalue weighted by molar-refractivity contribution is 7.14. The number of thiazole rings is 1. The molecule has 0 atom stereocenters. The van der Waals surface area contributed by atoms with Gasteiger partial charge in [-0.15, -0.1) is 22.7 Å². The van der Waals surface area contributed by atoms with Gasteiger partial charge < -0.3 is 10.0 Å². The van der Waals surface area contributed by atoms with Crippen LogP contribution in [0.4, 0.5) is 10.8 Å². The number of rotatable bonds is 7. The molecule has 2 aromatic heterocycles. The van der Waals surface area contributed by atoms with Gasteiger partial charge in [0.1, 0.15) is 4.88 Å². The molecule has 2 aliphatic carbocycles. The molecule has 2 heterocycles. The standard InChI is InChI=1S/C27H40N4O3S2/c1-17-6-8-18(9-7-17)24(32)31(21-16-22(27(2,3)4)36-23(21)25(33)34)20-12-10-19(11-13-20)29-30(5)26-28-14-15-35-26/h14-20,29H,6-13H2,1-5H3,(H,33,34). The van der Waals surface area contributed by atoms with Crippen molar-refractivity contribution in [3.63, 3.8) is 0 Å². The molecule has 0 radical (unpaired) electrons. The molecule has 7 nitrogen and oxygen atoms in total. The highest BCUT2D eigenvalue weighted by Gasteiger charge is 2.38. The molecule has 9 heteroatoms. The zero-order valence-corrected chi connectivity index (χ0v) is 23.8. The van der Waals surface area contributed by atoms with Crippen molar-refractivity contribution in [3.05, 3.63) is 27.4 Å². The number of hydrogen-bond donors (Lipinski definition) is 2. The van der Waals surface area contributed by atoms with Gasteiger partial charge in [-0.1, -0.05) is 27.7 Å². The largest absolute Gasteiger partial charge is 0.477 e. The first-order chi connectivity index (χ1) is 17.0. The van der Waals surface area contributed by atoms with Crippen molar-refractivity contribution >= 4 is 45.4 Å². The minimum atomic E-state index is -0.944. The van der Waals surface area contributed by atoms with E-state index in [0.717, 1.165) is 61.4 Å². The summed E-state index contributed by atoms with van der Waals surface area (Å²) in [5.41, 5.74) is 3.99. The maximum atomic E-state index is 14.1. The van der Waals surface area contributed by atoms with E-state index in [0.29, 0.717) is 22.5 Å². The van der Waals surface area contributed by atoms with Crippen molar-refractivity contribution in [1.29, 1.82) is 0 Å². The molecule has 2 aliphatic rings. The highest BCUT2D eigenvalue weighted by Crippen LogP contribution is 2.41. The number of nitrogens with zero attached hydrogens (tertiary/aromatic N) is 3. The van der Waals surface area contributed by atoms with E-state index in [9.17, 15) is 14.7 Å². The number of hydrazine groups is 1. The number of aromatic nitrogens is 1. The van der Waals surface area contributed by atoms with Crippen LogP contribution in [0.1, 0.15) is 93.6 Å². The number of carboxylic acid groups (broad SMARTS) is 1. The van der Waals surface area contributed by atoms with Crippen LogP contribution in [0.25, 0.3) is 0 Å². The number of aromatic carboxylic acids is 1. The molecule has 36 heavy (non-hydrogen) atoms. The van der Waals surface area contributed by atoms with E-state index in [1.165, 1.54) is 11.3 Å². The maximum Gasteiger partial charge on any atom is 0.348 e. The van der Waals surface area contributed by atoms with Gasteiger partial charge in [0.2, 0.25) is 5.91 Å². The van der Waals surface area contributed by atoms with Crippen molar-refractivity contribution in [1.82, 2.24) is 10.4 Å². The van der Waals surface area contributed by atoms with Crippen LogP contribution >= 0.6 is 22.7 Å². The fraction of sp³-hybridized carbons (Fsp3) is 0.667. The molecule has 4 rings (SSSR count). The van der Waals surface area contributed by atoms with Crippen LogP contribution in [0.15, 0.2) is 17.6 Å². The average molecular weight is 533 g/mol. The van der Waals surface area contributed by atoms with Gasteiger partial charge in [0, 0.05) is 41.5 Å². The van der Waals surface area contributed by atoms with E-state index in [1.807, 2.05) is 28.4 Å². The zero-order valence-electron chi connectivity index (χ0n) is 22.1. The summed E-state index contributed by atoms with van der Waals surface area (Å²) in [5.74, 6) is -0.185. The molecule has 1 amide bonds. The summed E-state index contributed by atoms with van der Waals surface area (Å²) < 4.78 is 0. The second-order valence-electron chi connectivity index (χ2n) is 11.6. The third-order valence-corrected chi connectivity index (χ3v) is 10.0. The van der Waals surface area contributed by atoms with E-state index in [-0.39, 0.29) is 23.3 Å². The summed E-state index contributed by atoms with van der Waals surface area (Å²) in [5, 5.41) is 15.0. The van der Waals surface area contributed by atoms with Crippen LogP contribution in [0.3, 0.4) is 0 Å². The summed E-state index contributed by atoms with van der Waals surface area (Å²) in [6.07, 6.45) is 9.25. The monoisotopic (exact) mass is 532 g/mol. The Morgan fingerprint density at radius 2 is 1.75 bits per heavy atom. The Hall–Kier alpha value is -1.97. The smallest absolute Gasteiger partial charge is 0.348 e. The Morgan fingerprint density at radius 1 is 1.08 bits per heavy atom. The van der Waals surface area contributed by atoms with Crippen LogP contribution in [0, 0.1) is 11.8 Å². The number of hydrogen-bond acceptors (Lipinski definition) is 7. The van der Waals surface area contributed by atoms with Gasteiger partial charge in [-0.25, -0.2) is 15.2 Å². The number of carbonyl (C=O) groups is 2. The summed E-state index contributed by atoms with van der Waals surface area (Å²) in [6, 6.07) is 2.30. The summed E-state index contributed by atoms with van der Waals surface area (Å²) in [4.78, 5) is 34.0. The second kappa shape index (κ2) is 11.2. The molecule has 0 aliphatic heterocycles. The number of nitrogens with one attached hydrogen (secondary N) is 1. The molecule has 0 spiro atoms. The van der Waals surface area contributed by atoms with Crippen LogP contribution in [-0.2, 0) is 10.2 Å². The first-order valence-electron chi connectivity index (χ1n) is 13.1. The Balaban J connectivity index is 1.57. The molecular formula is C27H40N4O3S2. The van der Waals surface area contributed by atoms with Gasteiger partial charge in [-0.3, -0.25) is 9.80 Å². The lowest BCUT2D eigenvalue weighted by molar-refractivity contribution is -0.124. The van der Waals surface area contributed by atoms with E-state index in [2.05, 4.69) is 38.1 Å². The number of thiophene rings is 1. The fourth-order valence-corrected chi connectivity index (χ4v) is 7.08. The van der Waals surface area contributed by atoms with Crippen LogP contribution in [0.5, 0.6) is 0 Å². The minimum Gasteiger partial charge on any atom is -0.477 e. The lowest BCUT2D eigenvalue weighted by Crippen LogP contribution is -2.50. The predicted octanol–water partition coefficient (Wildman–Crippen LogP) is 6.31. The maximum absolute atomic E-state index is 14.1. The van der Waals surface area contributed by atoms with Gasteiger partial charge in [0.05, 0.1) is 5.69 Å². The Kier molecular flexibility index (Phi) is 8.42. The third kappa shape index (κ3) is 6.11. The van der Waals surface area contributed by atoms with Crippen molar-refractivity contribution in [2.75, 3.05) is 17.0 Å². The van der Waals surface area contributed by atoms with Gasteiger partial charge >= 0.3 is 5.97 Å². The van der Waals surface area contributed by atoms with Gasteiger partial charge in [-0.2, -0.15) is 0 Å². The number of carbonyl (C=O) groups excluding carboxylic acids is 1. The quantitative estimate of drug-likeness (QED) is 0.406. The molecule has 2 saturated carbocycles. The Bertz CT molecular complexity index is 1030. The summed E-state index contributed by atoms with van der Waals surface area (Å²) >= 11 is 2.92. The molecule has 0 bridgehead atoms. The Labute approximate surface area is 222 Å². The van der Waals surface area contributed by atoms with Crippen LogP contribution in [-0.4, -0.2) is 41.1 Å². The molecule has 198 valence electrons. The van der Waals surface area contributed by atoms with Crippen molar-refractivity contribution < 1.29 is 14.7 Å². The molecule has 2 fully saturated rings. The van der Waals surface area contributed by atoms with Gasteiger partial charge in [0.15, 0.2) is 5.13 Å². The summed E-state index contributed by atoms with van der Waals surface area (Å²) in [6.45, 7) is 8.54. The van der Waals surface area contributed by atoms with E-state index >= 15 is 0 Å². The lowest BCUT2D eigenvalue weighted by Gasteiger charge is -2.40. The number of carboxylic acids is 1. The molecule has 0 unspecified atom stereocenters. The van der Waals surface area contributed by atoms with E-state index < -0.39 is 5.97 Å². The van der Waals surface area contributed by atoms with Crippen molar-refractivity contribution in [3.8, 4) is 0 Å². The molecule has 2 N–H and O–H groups in total. The molecule has 0 saturated heterocycles. The first kappa shape index (κ1) is 27.1. The van der Waals surface area contributed by atoms with E-state index in [4.69, 9.17) is 0 Å². The average Bonchev–Trinajstić information content (AvgIpc) is 3.51. The SMILES string of the molecule is CC1CCC(C(=O)N(c2cc(C(C)(C)C)sc2C(=O)O)C2CCC(NN(C)c3nccs3)CC2)CC1. The molecular weight excluding hydrogens is 492 g/mol. The van der Waals surface area contributed by atoms with Gasteiger partial charge in [-0.05, 0) is 68.8 Å². The van der Waals surface area contributed by atoms with Crippen LogP contribution < -0.4 is 15.3 Å². The fourth-order valence-electron chi connectivity index (χ4n) is 5.46. The Morgan fingerprint density at radius 3 is 2.31 bits per heavy atom. The van der Waals surface area contributed by atoms with Crippen LogP contribution in [0.2, 0.25) is 0 Å².